The SMILES string of the molecule is O=c1[nH]cco1.S.c1ccoc1. The number of H-pyrrole nitrogens is 1. The molecule has 1 N–H and O–H groups in total. The van der Waals surface area contributed by atoms with Crippen molar-refractivity contribution in [1.29, 1.82) is 0 Å². The van der Waals surface area contributed by atoms with Gasteiger partial charge in [-0.1, -0.05) is 0 Å². The van der Waals surface area contributed by atoms with Gasteiger partial charge in [0.05, 0.1) is 12.5 Å². The number of hydrogen-bond donors (Lipinski definition) is 1. The summed E-state index contributed by atoms with van der Waals surface area (Å²) in [5, 5.41) is 0. The zero-order valence-electron chi connectivity index (χ0n) is 6.19. The van der Waals surface area contributed by atoms with Crippen molar-refractivity contribution in [2.24, 2.45) is 0 Å². The fourth-order valence-electron chi connectivity index (χ4n) is 0.459. The summed E-state index contributed by atoms with van der Waals surface area (Å²) < 4.78 is 8.81. The lowest BCUT2D eigenvalue weighted by molar-refractivity contribution is 0.515. The number of rotatable bonds is 0. The molecular weight excluding hydrogens is 178 g/mol. The quantitative estimate of drug-likeness (QED) is 0.677. The molecule has 0 unspecified atom stereocenters. The van der Waals surface area contributed by atoms with Crippen LogP contribution in [-0.4, -0.2) is 4.98 Å². The van der Waals surface area contributed by atoms with E-state index >= 15 is 0 Å². The third-order valence-corrected chi connectivity index (χ3v) is 0.870. The summed E-state index contributed by atoms with van der Waals surface area (Å²) in [7, 11) is 0. The van der Waals surface area contributed by atoms with Crippen LogP contribution in [0.4, 0.5) is 0 Å². The van der Waals surface area contributed by atoms with Gasteiger partial charge in [-0.3, -0.25) is 4.98 Å². The maximum Gasteiger partial charge on any atom is 0.416 e. The van der Waals surface area contributed by atoms with Crippen molar-refractivity contribution in [2.45, 2.75) is 0 Å². The minimum atomic E-state index is -0.407. The molecule has 4 nitrogen and oxygen atoms in total. The monoisotopic (exact) mass is 187 g/mol. The van der Waals surface area contributed by atoms with Crippen molar-refractivity contribution in [2.75, 3.05) is 0 Å². The van der Waals surface area contributed by atoms with Crippen LogP contribution in [0, 0.1) is 0 Å². The second-order valence-corrected chi connectivity index (χ2v) is 1.65. The number of aromatic amines is 1. The molecule has 0 amide bonds. The first-order valence-electron chi connectivity index (χ1n) is 2.99. The first-order chi connectivity index (χ1) is 5.39. The first-order valence-corrected chi connectivity index (χ1v) is 2.99. The van der Waals surface area contributed by atoms with Crippen molar-refractivity contribution < 1.29 is 8.83 Å². The number of nitrogens with one attached hydrogen (secondary N) is 1. The molecule has 0 spiro atoms. The summed E-state index contributed by atoms with van der Waals surface area (Å²) in [6.45, 7) is 0. The third-order valence-electron chi connectivity index (χ3n) is 0.870. The maximum absolute atomic E-state index is 9.85. The van der Waals surface area contributed by atoms with Gasteiger partial charge in [0.15, 0.2) is 0 Å². The highest BCUT2D eigenvalue weighted by Crippen LogP contribution is 1.79. The standard InChI is InChI=1S/C4H4O.C3H3NO2.H2S/c1-2-4-5-3-1;5-3-4-1-2-6-3;/h1-4H;1-2H,(H,4,5);1H2. The van der Waals surface area contributed by atoms with E-state index in [0.29, 0.717) is 0 Å². The number of hydrogen-bond acceptors (Lipinski definition) is 3. The molecular formula is C7H9NO3S. The summed E-state index contributed by atoms with van der Waals surface area (Å²) in [4.78, 5) is 12.1. The molecule has 66 valence electrons. The fraction of sp³-hybridized carbons (Fsp3) is 0. The van der Waals surface area contributed by atoms with Gasteiger partial charge in [0.25, 0.3) is 0 Å². The topological polar surface area (TPSA) is 59.1 Å². The van der Waals surface area contributed by atoms with Crippen LogP contribution in [0.1, 0.15) is 0 Å². The molecule has 12 heavy (non-hydrogen) atoms. The lowest BCUT2D eigenvalue weighted by atomic mass is 10.7. The second-order valence-electron chi connectivity index (χ2n) is 1.65. The average Bonchev–Trinajstić information content (AvgIpc) is 2.57. The van der Waals surface area contributed by atoms with Gasteiger partial charge in [-0.05, 0) is 12.1 Å². The second kappa shape index (κ2) is 6.36. The van der Waals surface area contributed by atoms with E-state index in [2.05, 4.69) is 13.8 Å². The molecule has 2 aromatic rings. The molecule has 0 aromatic carbocycles. The number of aromatic nitrogens is 1. The Morgan fingerprint density at radius 2 is 1.83 bits per heavy atom. The van der Waals surface area contributed by atoms with Crippen molar-refractivity contribution >= 4 is 13.5 Å². The molecule has 2 rings (SSSR count). The highest BCUT2D eigenvalue weighted by molar-refractivity contribution is 7.59. The smallest absolute Gasteiger partial charge is 0.416 e. The molecule has 0 saturated carbocycles. The van der Waals surface area contributed by atoms with E-state index < -0.39 is 5.76 Å². The van der Waals surface area contributed by atoms with E-state index in [1.807, 2.05) is 12.1 Å². The Morgan fingerprint density at radius 3 is 2.00 bits per heavy atom. The van der Waals surface area contributed by atoms with Gasteiger partial charge in [-0.25, -0.2) is 4.79 Å². The van der Waals surface area contributed by atoms with Crippen LogP contribution in [-0.2, 0) is 0 Å². The van der Waals surface area contributed by atoms with Crippen LogP contribution >= 0.6 is 13.5 Å². The van der Waals surface area contributed by atoms with Crippen molar-refractivity contribution in [3.63, 3.8) is 0 Å². The molecule has 0 bridgehead atoms. The summed E-state index contributed by atoms with van der Waals surface area (Å²) in [6, 6.07) is 3.67. The Bertz CT molecular complexity index is 277. The maximum atomic E-state index is 9.85. The predicted octanol–water partition coefficient (Wildman–Crippen LogP) is 1.36. The average molecular weight is 187 g/mol. The first kappa shape index (κ1) is 10.6. The summed E-state index contributed by atoms with van der Waals surface area (Å²) in [5.74, 6) is -0.407. The normalized spacial score (nSPS) is 7.67. The van der Waals surface area contributed by atoms with E-state index in [1.165, 1.54) is 12.5 Å². The van der Waals surface area contributed by atoms with Crippen LogP contribution < -0.4 is 5.76 Å². The molecule has 2 heterocycles. The van der Waals surface area contributed by atoms with Crippen LogP contribution in [0.5, 0.6) is 0 Å². The van der Waals surface area contributed by atoms with Crippen LogP contribution in [0.3, 0.4) is 0 Å². The molecule has 0 atom stereocenters. The molecule has 0 aliphatic carbocycles. The van der Waals surface area contributed by atoms with Crippen molar-refractivity contribution in [1.82, 2.24) is 4.98 Å². The van der Waals surface area contributed by atoms with E-state index in [0.717, 1.165) is 0 Å². The Balaban J connectivity index is 0.000000189. The number of furan rings is 1. The van der Waals surface area contributed by atoms with Gasteiger partial charge >= 0.3 is 5.76 Å². The van der Waals surface area contributed by atoms with Gasteiger partial charge < -0.3 is 8.83 Å². The van der Waals surface area contributed by atoms with Crippen LogP contribution in [0.15, 0.2) is 50.7 Å². The van der Waals surface area contributed by atoms with Crippen molar-refractivity contribution in [3.8, 4) is 0 Å². The Morgan fingerprint density at radius 1 is 1.17 bits per heavy atom. The number of oxazole rings is 1. The van der Waals surface area contributed by atoms with E-state index in [9.17, 15) is 4.79 Å². The lowest BCUT2D eigenvalue weighted by Gasteiger charge is -1.51. The summed E-state index contributed by atoms with van der Waals surface area (Å²) >= 11 is 0. The predicted molar refractivity (Wildman–Crippen MR) is 48.4 cm³/mol. The van der Waals surface area contributed by atoms with Crippen LogP contribution in [0.25, 0.3) is 0 Å². The summed E-state index contributed by atoms with van der Waals surface area (Å²) in [6.07, 6.45) is 5.98. The highest BCUT2D eigenvalue weighted by Gasteiger charge is 1.72. The van der Waals surface area contributed by atoms with Gasteiger partial charge in [0.1, 0.15) is 6.26 Å². The molecule has 2 aromatic heterocycles. The van der Waals surface area contributed by atoms with Gasteiger partial charge in [-0.2, -0.15) is 13.5 Å². The van der Waals surface area contributed by atoms with Gasteiger partial charge in [0, 0.05) is 6.20 Å². The molecule has 0 aliphatic rings. The zero-order valence-corrected chi connectivity index (χ0v) is 7.19. The Labute approximate surface area is 75.7 Å². The Kier molecular flexibility index (Phi) is 5.64. The molecule has 5 heteroatoms. The van der Waals surface area contributed by atoms with E-state index in [-0.39, 0.29) is 13.5 Å². The fourth-order valence-corrected chi connectivity index (χ4v) is 0.459. The van der Waals surface area contributed by atoms with E-state index in [4.69, 9.17) is 0 Å². The Hall–Kier alpha value is -1.36. The molecule has 0 radical (unpaired) electrons. The third kappa shape index (κ3) is 4.45. The van der Waals surface area contributed by atoms with Gasteiger partial charge in [-0.15, -0.1) is 0 Å². The summed E-state index contributed by atoms with van der Waals surface area (Å²) in [5.41, 5.74) is 0. The largest absolute Gasteiger partial charge is 0.473 e. The molecule has 0 fully saturated rings. The van der Waals surface area contributed by atoms with Gasteiger partial charge in [0.2, 0.25) is 0 Å². The highest BCUT2D eigenvalue weighted by atomic mass is 32.1. The minimum absolute atomic E-state index is 0. The van der Waals surface area contributed by atoms with Crippen molar-refractivity contribution in [3.05, 3.63) is 47.7 Å². The zero-order chi connectivity index (χ0) is 7.94. The minimum Gasteiger partial charge on any atom is -0.473 e. The molecule has 0 saturated heterocycles. The lowest BCUT2D eigenvalue weighted by Crippen LogP contribution is -1.91. The van der Waals surface area contributed by atoms with E-state index in [1.54, 1.807) is 12.5 Å². The van der Waals surface area contributed by atoms with Crippen LogP contribution in [0.2, 0.25) is 0 Å². The molecule has 0 aliphatic heterocycles.